The van der Waals surface area contributed by atoms with E-state index in [4.69, 9.17) is 21.0 Å². The number of nitrogens with zero attached hydrogens (tertiary/aromatic N) is 4. The molecule has 0 amide bonds. The summed E-state index contributed by atoms with van der Waals surface area (Å²) in [6, 6.07) is 0. The lowest BCUT2D eigenvalue weighted by molar-refractivity contribution is 0.881. The number of hydrogen-bond donors (Lipinski definition) is 0. The second-order valence-electron chi connectivity index (χ2n) is 5.12. The smallest absolute Gasteiger partial charge is 0.245 e. The van der Waals surface area contributed by atoms with Gasteiger partial charge >= 0.3 is 6.15 Å². The summed E-state index contributed by atoms with van der Waals surface area (Å²) in [4.78, 5) is 0. The zero-order chi connectivity index (χ0) is 16.1. The van der Waals surface area contributed by atoms with Crippen LogP contribution in [0.3, 0.4) is 0 Å². The zero-order valence-corrected chi connectivity index (χ0v) is 14.0. The summed E-state index contributed by atoms with van der Waals surface area (Å²) in [5.74, 6) is 5.38. The lowest BCUT2D eigenvalue weighted by Crippen LogP contribution is -2.26. The van der Waals surface area contributed by atoms with E-state index in [1.807, 2.05) is 0 Å². The summed E-state index contributed by atoms with van der Waals surface area (Å²) in [5, 5.41) is 32.3. The first-order chi connectivity index (χ1) is 9.42. The maximum absolute atomic E-state index is 8.09. The minimum absolute atomic E-state index is 0.467. The van der Waals surface area contributed by atoms with Crippen molar-refractivity contribution in [2.45, 2.75) is 40.0 Å². The van der Waals surface area contributed by atoms with Crippen molar-refractivity contribution in [3.05, 3.63) is 0 Å². The van der Waals surface area contributed by atoms with Gasteiger partial charge in [0.2, 0.25) is 0 Å². The van der Waals surface area contributed by atoms with Crippen LogP contribution in [-0.4, -0.2) is 31.3 Å². The van der Waals surface area contributed by atoms with Gasteiger partial charge in [0.05, 0.1) is 18.5 Å². The molecule has 1 atom stereocenters. The molecule has 108 valence electrons. The molecule has 0 aromatic carbocycles. The molecular formula is C14H24BN4P. The van der Waals surface area contributed by atoms with E-state index in [1.54, 1.807) is 0 Å². The standard InChI is InChI=1S/C10H24P.C4BN4/c1-5-8-10-11(4,7-3)9-6-2;6-1-5(2-7,3-8)4-9/h5-10H2,1-4H3;/q+1;-1. The Kier molecular flexibility index (Phi) is 11.7. The highest BCUT2D eigenvalue weighted by Gasteiger charge is 2.26. The molecule has 0 N–H and O–H groups in total. The first kappa shape index (κ1) is 20.8. The van der Waals surface area contributed by atoms with E-state index in [0.717, 1.165) is 0 Å². The third kappa shape index (κ3) is 7.79. The van der Waals surface area contributed by atoms with Gasteiger partial charge < -0.3 is 0 Å². The second-order valence-corrected chi connectivity index (χ2v) is 9.88. The van der Waals surface area contributed by atoms with E-state index in [2.05, 4.69) is 27.4 Å². The van der Waals surface area contributed by atoms with Gasteiger partial charge in [-0.25, -0.2) is 21.0 Å². The normalized spacial score (nSPS) is 12.4. The van der Waals surface area contributed by atoms with Crippen LogP contribution in [0, 0.1) is 44.9 Å². The Balaban J connectivity index is 0. The van der Waals surface area contributed by atoms with Gasteiger partial charge in [0, 0.05) is 13.9 Å². The van der Waals surface area contributed by atoms with Crippen LogP contribution in [-0.2, 0) is 0 Å². The molecule has 4 nitrogen and oxygen atoms in total. The summed E-state index contributed by atoms with van der Waals surface area (Å²) >= 11 is 0. The molecular weight excluding hydrogens is 266 g/mol. The molecule has 6 heteroatoms. The predicted octanol–water partition coefficient (Wildman–Crippen LogP) is 3.55. The van der Waals surface area contributed by atoms with Crippen LogP contribution < -0.4 is 0 Å². The van der Waals surface area contributed by atoms with Gasteiger partial charge in [-0.15, -0.1) is 23.9 Å². The number of nitriles is 4. The maximum atomic E-state index is 8.09. The Labute approximate surface area is 124 Å². The molecule has 0 spiro atoms. The monoisotopic (exact) mass is 290 g/mol. The Morgan fingerprint density at radius 2 is 1.25 bits per heavy atom. The Morgan fingerprint density at radius 1 is 0.800 bits per heavy atom. The van der Waals surface area contributed by atoms with E-state index in [0.29, 0.717) is 0 Å². The van der Waals surface area contributed by atoms with Crippen LogP contribution in [0.25, 0.3) is 0 Å². The van der Waals surface area contributed by atoms with Crippen molar-refractivity contribution in [2.75, 3.05) is 25.2 Å². The van der Waals surface area contributed by atoms with Crippen LogP contribution in [0.1, 0.15) is 40.0 Å². The van der Waals surface area contributed by atoms with Crippen LogP contribution in [0.15, 0.2) is 0 Å². The van der Waals surface area contributed by atoms with Crippen molar-refractivity contribution in [2.24, 2.45) is 0 Å². The maximum Gasteiger partial charge on any atom is 0.383 e. The molecule has 0 aliphatic rings. The highest BCUT2D eigenvalue weighted by molar-refractivity contribution is 7.75. The third-order valence-electron chi connectivity index (χ3n) is 3.35. The SMILES string of the molecule is CCCC[P+](C)(CC)CCC.N#C[B-](C#N)(C#N)C#N. The Hall–Kier alpha value is -1.55. The molecule has 0 saturated heterocycles. The lowest BCUT2D eigenvalue weighted by Gasteiger charge is -2.20. The van der Waals surface area contributed by atoms with E-state index in [9.17, 15) is 0 Å². The summed E-state index contributed by atoms with van der Waals surface area (Å²) < 4.78 is 0. The first-order valence-corrected chi connectivity index (χ1v) is 9.86. The highest BCUT2D eigenvalue weighted by Crippen LogP contribution is 2.55. The summed E-state index contributed by atoms with van der Waals surface area (Å²) in [5.41, 5.74) is 0. The Bertz CT molecular complexity index is 377. The van der Waals surface area contributed by atoms with Crippen molar-refractivity contribution in [3.63, 3.8) is 0 Å². The molecule has 0 saturated carbocycles. The molecule has 0 rings (SSSR count). The van der Waals surface area contributed by atoms with E-state index in [-0.39, 0.29) is 0 Å². The average Bonchev–Trinajstić information content (AvgIpc) is 2.49. The molecule has 0 heterocycles. The molecule has 0 aromatic rings. The minimum Gasteiger partial charge on any atom is -0.245 e. The van der Waals surface area contributed by atoms with Crippen LogP contribution >= 0.6 is 7.26 Å². The van der Waals surface area contributed by atoms with Crippen LogP contribution in [0.2, 0.25) is 0 Å². The van der Waals surface area contributed by atoms with Gasteiger partial charge in [-0.1, -0.05) is 20.3 Å². The topological polar surface area (TPSA) is 95.2 Å². The fourth-order valence-electron chi connectivity index (χ4n) is 1.68. The van der Waals surface area contributed by atoms with Gasteiger partial charge in [0.15, 0.2) is 0 Å². The average molecular weight is 290 g/mol. The second kappa shape index (κ2) is 11.3. The molecule has 0 bridgehead atoms. The van der Waals surface area contributed by atoms with Crippen molar-refractivity contribution in [1.29, 1.82) is 21.0 Å². The fraction of sp³-hybridized carbons (Fsp3) is 0.714. The summed E-state index contributed by atoms with van der Waals surface area (Å²) in [6.45, 7) is 9.54. The number of unbranched alkanes of at least 4 members (excludes halogenated alkanes) is 1. The largest absolute Gasteiger partial charge is 0.383 e. The van der Waals surface area contributed by atoms with Crippen LogP contribution in [0.5, 0.6) is 0 Å². The van der Waals surface area contributed by atoms with E-state index >= 15 is 0 Å². The van der Waals surface area contributed by atoms with Crippen LogP contribution in [0.4, 0.5) is 0 Å². The van der Waals surface area contributed by atoms with Crippen molar-refractivity contribution in [1.82, 2.24) is 0 Å². The van der Waals surface area contributed by atoms with E-state index in [1.165, 1.54) is 61.6 Å². The minimum atomic E-state index is -2.72. The number of rotatable bonds is 6. The zero-order valence-electron chi connectivity index (χ0n) is 13.1. The Morgan fingerprint density at radius 3 is 1.45 bits per heavy atom. The molecule has 0 fully saturated rings. The first-order valence-electron chi connectivity index (χ1n) is 7.07. The molecule has 0 aliphatic carbocycles. The van der Waals surface area contributed by atoms with Gasteiger partial charge in [0.1, 0.15) is 0 Å². The van der Waals surface area contributed by atoms with E-state index < -0.39 is 13.4 Å². The summed E-state index contributed by atoms with van der Waals surface area (Å²) in [7, 11) is -0.467. The molecule has 0 aromatic heterocycles. The fourth-order valence-corrected chi connectivity index (χ4v) is 4.70. The lowest BCUT2D eigenvalue weighted by atomic mass is 9.30. The van der Waals surface area contributed by atoms with Gasteiger partial charge in [-0.05, 0) is 19.8 Å². The molecule has 20 heavy (non-hydrogen) atoms. The van der Waals surface area contributed by atoms with Crippen molar-refractivity contribution < 1.29 is 0 Å². The van der Waals surface area contributed by atoms with Crippen molar-refractivity contribution in [3.8, 4) is 23.9 Å². The molecule has 0 radical (unpaired) electrons. The third-order valence-corrected chi connectivity index (χ3v) is 7.80. The van der Waals surface area contributed by atoms with Gasteiger partial charge in [-0.3, -0.25) is 0 Å². The molecule has 1 unspecified atom stereocenters. The predicted molar refractivity (Wildman–Crippen MR) is 86.5 cm³/mol. The van der Waals surface area contributed by atoms with Gasteiger partial charge in [-0.2, -0.15) is 0 Å². The highest BCUT2D eigenvalue weighted by atomic mass is 31.2. The quantitative estimate of drug-likeness (QED) is 0.552. The number of hydrogen-bond acceptors (Lipinski definition) is 4. The molecule has 0 aliphatic heterocycles. The van der Waals surface area contributed by atoms with Gasteiger partial charge in [0.25, 0.3) is 0 Å². The summed E-state index contributed by atoms with van der Waals surface area (Å²) in [6.07, 6.45) is 6.01. The van der Waals surface area contributed by atoms with Crippen molar-refractivity contribution >= 4 is 13.4 Å².